The zero-order valence-corrected chi connectivity index (χ0v) is 11.6. The fraction of sp³-hybridized carbons (Fsp3) is 0.538. The minimum atomic E-state index is -3.48. The Morgan fingerprint density at radius 2 is 1.84 bits per heavy atom. The summed E-state index contributed by atoms with van der Waals surface area (Å²) in [6.45, 7) is 0.520. The van der Waals surface area contributed by atoms with Crippen LogP contribution in [0.1, 0.15) is 19.3 Å². The summed E-state index contributed by atoms with van der Waals surface area (Å²) >= 11 is 0. The maximum absolute atomic E-state index is 12.1. The highest BCUT2D eigenvalue weighted by atomic mass is 32.2. The molecule has 19 heavy (non-hydrogen) atoms. The molecule has 1 saturated carbocycles. The maximum Gasteiger partial charge on any atom is 0.240 e. The summed E-state index contributed by atoms with van der Waals surface area (Å²) in [7, 11) is -3.48. The van der Waals surface area contributed by atoms with Gasteiger partial charge in [-0.2, -0.15) is 0 Å². The molecule has 1 fully saturated rings. The molecule has 0 spiro atoms. The molecule has 1 aliphatic carbocycles. The third kappa shape index (κ3) is 3.46. The highest BCUT2D eigenvalue weighted by molar-refractivity contribution is 7.89. The molecule has 4 N–H and O–H groups in total. The molecule has 2 atom stereocenters. The number of aliphatic hydroxyl groups is 1. The number of aliphatic hydroxyl groups excluding tert-OH is 1. The number of rotatable bonds is 5. The molecule has 6 heteroatoms. The Labute approximate surface area is 113 Å². The highest BCUT2D eigenvalue weighted by Crippen LogP contribution is 2.30. The van der Waals surface area contributed by atoms with Gasteiger partial charge in [0.15, 0.2) is 0 Å². The summed E-state index contributed by atoms with van der Waals surface area (Å²) in [5.74, 6) is 0.447. The molecular weight excluding hydrogens is 264 g/mol. The van der Waals surface area contributed by atoms with Gasteiger partial charge in [0.25, 0.3) is 0 Å². The fourth-order valence-electron chi connectivity index (χ4n) is 2.57. The molecule has 1 aromatic rings. The Hall–Kier alpha value is -1.11. The number of nitrogens with two attached hydrogens (primary N) is 1. The van der Waals surface area contributed by atoms with E-state index in [1.165, 1.54) is 12.1 Å². The predicted octanol–water partition coefficient (Wildman–Crippen LogP) is 0.956. The molecule has 0 amide bonds. The lowest BCUT2D eigenvalue weighted by Gasteiger charge is -2.17. The number of anilines is 1. The quantitative estimate of drug-likeness (QED) is 0.702. The van der Waals surface area contributed by atoms with E-state index in [0.717, 1.165) is 19.3 Å². The van der Waals surface area contributed by atoms with E-state index < -0.39 is 10.0 Å². The lowest BCUT2D eigenvalue weighted by atomic mass is 9.97. The van der Waals surface area contributed by atoms with Crippen molar-refractivity contribution < 1.29 is 13.5 Å². The molecule has 0 radical (unpaired) electrons. The van der Waals surface area contributed by atoms with Crippen molar-refractivity contribution in [2.45, 2.75) is 24.2 Å². The van der Waals surface area contributed by atoms with Crippen molar-refractivity contribution in [2.24, 2.45) is 11.8 Å². The van der Waals surface area contributed by atoms with E-state index in [9.17, 15) is 13.5 Å². The monoisotopic (exact) mass is 284 g/mol. The zero-order valence-electron chi connectivity index (χ0n) is 10.7. The van der Waals surface area contributed by atoms with Gasteiger partial charge >= 0.3 is 0 Å². The van der Waals surface area contributed by atoms with Gasteiger partial charge in [0.1, 0.15) is 0 Å². The van der Waals surface area contributed by atoms with Crippen molar-refractivity contribution in [3.63, 3.8) is 0 Å². The molecule has 106 valence electrons. The van der Waals surface area contributed by atoms with Gasteiger partial charge in [-0.05, 0) is 48.9 Å². The average Bonchev–Trinajstić information content (AvgIpc) is 2.84. The van der Waals surface area contributed by atoms with Gasteiger partial charge < -0.3 is 10.8 Å². The fourth-order valence-corrected chi connectivity index (χ4v) is 3.66. The second-order valence-corrected chi connectivity index (χ2v) is 6.82. The van der Waals surface area contributed by atoms with Gasteiger partial charge in [-0.3, -0.25) is 0 Å². The van der Waals surface area contributed by atoms with E-state index in [4.69, 9.17) is 5.73 Å². The lowest BCUT2D eigenvalue weighted by molar-refractivity contribution is 0.195. The maximum atomic E-state index is 12.1. The molecule has 1 aromatic carbocycles. The topological polar surface area (TPSA) is 92.4 Å². The third-order valence-electron chi connectivity index (χ3n) is 3.78. The molecule has 0 heterocycles. The van der Waals surface area contributed by atoms with Crippen LogP contribution in [0.3, 0.4) is 0 Å². The van der Waals surface area contributed by atoms with Crippen LogP contribution in [-0.4, -0.2) is 26.7 Å². The number of sulfonamides is 1. The van der Waals surface area contributed by atoms with Gasteiger partial charge in [-0.25, -0.2) is 13.1 Å². The van der Waals surface area contributed by atoms with Crippen LogP contribution in [0.15, 0.2) is 29.2 Å². The summed E-state index contributed by atoms with van der Waals surface area (Å²) in [6, 6.07) is 6.13. The molecule has 0 aromatic heterocycles. The summed E-state index contributed by atoms with van der Waals surface area (Å²) in [4.78, 5) is 0.222. The minimum Gasteiger partial charge on any atom is -0.399 e. The van der Waals surface area contributed by atoms with Crippen LogP contribution < -0.4 is 10.5 Å². The summed E-state index contributed by atoms with van der Waals surface area (Å²) in [5.41, 5.74) is 6.07. The first-order chi connectivity index (χ1) is 9.03. The van der Waals surface area contributed by atoms with Crippen molar-refractivity contribution in [1.29, 1.82) is 0 Å². The number of benzene rings is 1. The Kier molecular flexibility index (Phi) is 4.44. The van der Waals surface area contributed by atoms with Gasteiger partial charge in [-0.15, -0.1) is 0 Å². The number of nitrogens with one attached hydrogen (secondary N) is 1. The number of hydrogen-bond donors (Lipinski definition) is 3. The van der Waals surface area contributed by atoms with E-state index in [0.29, 0.717) is 12.2 Å². The van der Waals surface area contributed by atoms with Gasteiger partial charge in [0.2, 0.25) is 10.0 Å². The van der Waals surface area contributed by atoms with Crippen LogP contribution in [-0.2, 0) is 10.0 Å². The Bertz CT molecular complexity index is 513. The Balaban J connectivity index is 2.00. The van der Waals surface area contributed by atoms with Gasteiger partial charge in [0.05, 0.1) is 4.90 Å². The van der Waals surface area contributed by atoms with Crippen LogP contribution in [0.5, 0.6) is 0 Å². The van der Waals surface area contributed by atoms with Crippen LogP contribution in [0, 0.1) is 11.8 Å². The van der Waals surface area contributed by atoms with Crippen molar-refractivity contribution >= 4 is 15.7 Å². The molecular formula is C13H20N2O3S. The largest absolute Gasteiger partial charge is 0.399 e. The zero-order chi connectivity index (χ0) is 13.9. The first kappa shape index (κ1) is 14.3. The van der Waals surface area contributed by atoms with Crippen molar-refractivity contribution in [3.05, 3.63) is 24.3 Å². The van der Waals surface area contributed by atoms with E-state index in [1.54, 1.807) is 12.1 Å². The number of hydrogen-bond acceptors (Lipinski definition) is 4. The van der Waals surface area contributed by atoms with Gasteiger partial charge in [-0.1, -0.05) is 6.42 Å². The molecule has 2 unspecified atom stereocenters. The van der Waals surface area contributed by atoms with Crippen molar-refractivity contribution in [3.8, 4) is 0 Å². The molecule has 5 nitrogen and oxygen atoms in total. The Morgan fingerprint density at radius 3 is 2.47 bits per heavy atom. The van der Waals surface area contributed by atoms with E-state index >= 15 is 0 Å². The second-order valence-electron chi connectivity index (χ2n) is 5.05. The second kappa shape index (κ2) is 5.90. The SMILES string of the molecule is Nc1ccc(S(=O)(=O)NCC2CCCC2CO)cc1. The van der Waals surface area contributed by atoms with E-state index in [2.05, 4.69) is 4.72 Å². The van der Waals surface area contributed by atoms with Crippen LogP contribution in [0.2, 0.25) is 0 Å². The Morgan fingerprint density at radius 1 is 1.21 bits per heavy atom. The first-order valence-electron chi connectivity index (χ1n) is 6.49. The normalized spacial score (nSPS) is 23.6. The molecule has 0 saturated heterocycles. The lowest BCUT2D eigenvalue weighted by Crippen LogP contribution is -2.31. The van der Waals surface area contributed by atoms with Crippen LogP contribution >= 0.6 is 0 Å². The molecule has 0 bridgehead atoms. The van der Waals surface area contributed by atoms with Gasteiger partial charge in [0, 0.05) is 18.8 Å². The smallest absolute Gasteiger partial charge is 0.240 e. The minimum absolute atomic E-state index is 0.133. The predicted molar refractivity (Wildman–Crippen MR) is 74.0 cm³/mol. The van der Waals surface area contributed by atoms with Crippen LogP contribution in [0.25, 0.3) is 0 Å². The summed E-state index contributed by atoms with van der Waals surface area (Å²) in [6.07, 6.45) is 3.00. The molecule has 2 rings (SSSR count). The third-order valence-corrected chi connectivity index (χ3v) is 5.22. The first-order valence-corrected chi connectivity index (χ1v) is 7.97. The van der Waals surface area contributed by atoms with E-state index in [1.807, 2.05) is 0 Å². The molecule has 1 aliphatic rings. The van der Waals surface area contributed by atoms with Crippen molar-refractivity contribution in [1.82, 2.24) is 4.72 Å². The van der Waals surface area contributed by atoms with Crippen LogP contribution in [0.4, 0.5) is 5.69 Å². The highest BCUT2D eigenvalue weighted by Gasteiger charge is 2.27. The standard InChI is InChI=1S/C13H20N2O3S/c14-12-4-6-13(7-5-12)19(17,18)15-8-10-2-1-3-11(10)9-16/h4-7,10-11,15-16H,1-3,8-9,14H2. The summed E-state index contributed by atoms with van der Waals surface area (Å²) in [5, 5.41) is 9.22. The average molecular weight is 284 g/mol. The van der Waals surface area contributed by atoms with E-state index in [-0.39, 0.29) is 23.3 Å². The molecule has 0 aliphatic heterocycles. The van der Waals surface area contributed by atoms with Crippen molar-refractivity contribution in [2.75, 3.05) is 18.9 Å². The number of nitrogen functional groups attached to an aromatic ring is 1. The summed E-state index contributed by atoms with van der Waals surface area (Å²) < 4.78 is 26.8.